The van der Waals surface area contributed by atoms with E-state index < -0.39 is 0 Å². The summed E-state index contributed by atoms with van der Waals surface area (Å²) in [5.41, 5.74) is 2.34. The van der Waals surface area contributed by atoms with Crippen molar-refractivity contribution in [2.75, 3.05) is 30.9 Å². The van der Waals surface area contributed by atoms with Gasteiger partial charge in [-0.25, -0.2) is 0 Å². The van der Waals surface area contributed by atoms with Gasteiger partial charge in [0.05, 0.1) is 11.4 Å². The van der Waals surface area contributed by atoms with E-state index in [-0.39, 0.29) is 0 Å². The lowest BCUT2D eigenvalue weighted by atomic mass is 10.1. The van der Waals surface area contributed by atoms with Crippen LogP contribution in [0, 0.1) is 0 Å². The van der Waals surface area contributed by atoms with Crippen molar-refractivity contribution in [3.8, 4) is 0 Å². The Labute approximate surface area is 98.3 Å². The predicted octanol–water partition coefficient (Wildman–Crippen LogP) is 2.69. The SMILES string of the molecule is COCCC1CNc2ccc(Br)cc2N1. The smallest absolute Gasteiger partial charge is 0.0590 e. The molecule has 1 aliphatic rings. The first kappa shape index (κ1) is 10.8. The summed E-state index contributed by atoms with van der Waals surface area (Å²) >= 11 is 3.47. The average Bonchev–Trinajstić information content (AvgIpc) is 2.25. The van der Waals surface area contributed by atoms with Crippen molar-refractivity contribution < 1.29 is 4.74 Å². The molecule has 2 rings (SSSR count). The molecule has 0 saturated carbocycles. The molecule has 1 aliphatic heterocycles. The fraction of sp³-hybridized carbons (Fsp3) is 0.455. The molecule has 3 nitrogen and oxygen atoms in total. The van der Waals surface area contributed by atoms with E-state index >= 15 is 0 Å². The molecular weight excluding hydrogens is 256 g/mol. The quantitative estimate of drug-likeness (QED) is 0.886. The van der Waals surface area contributed by atoms with E-state index in [1.165, 1.54) is 5.69 Å². The van der Waals surface area contributed by atoms with Crippen molar-refractivity contribution in [1.29, 1.82) is 0 Å². The Hall–Kier alpha value is -0.740. The molecule has 1 aromatic rings. The van der Waals surface area contributed by atoms with Crippen molar-refractivity contribution in [3.63, 3.8) is 0 Å². The summed E-state index contributed by atoms with van der Waals surface area (Å²) in [5.74, 6) is 0. The fourth-order valence-corrected chi connectivity index (χ4v) is 2.09. The van der Waals surface area contributed by atoms with Gasteiger partial charge >= 0.3 is 0 Å². The van der Waals surface area contributed by atoms with Crippen molar-refractivity contribution in [2.24, 2.45) is 0 Å². The second kappa shape index (κ2) is 4.86. The topological polar surface area (TPSA) is 33.3 Å². The highest BCUT2D eigenvalue weighted by atomic mass is 79.9. The van der Waals surface area contributed by atoms with Crippen LogP contribution in [0.2, 0.25) is 0 Å². The Morgan fingerprint density at radius 2 is 2.33 bits per heavy atom. The zero-order valence-electron chi connectivity index (χ0n) is 8.72. The predicted molar refractivity (Wildman–Crippen MR) is 66.5 cm³/mol. The molecule has 0 radical (unpaired) electrons. The Kier molecular flexibility index (Phi) is 3.49. The first-order valence-electron chi connectivity index (χ1n) is 5.08. The average molecular weight is 271 g/mol. The van der Waals surface area contributed by atoms with Crippen molar-refractivity contribution in [3.05, 3.63) is 22.7 Å². The summed E-state index contributed by atoms with van der Waals surface area (Å²) in [4.78, 5) is 0. The maximum absolute atomic E-state index is 5.08. The van der Waals surface area contributed by atoms with E-state index in [0.717, 1.165) is 29.7 Å². The summed E-state index contributed by atoms with van der Waals surface area (Å²) in [6.45, 7) is 1.75. The summed E-state index contributed by atoms with van der Waals surface area (Å²) in [6.07, 6.45) is 1.02. The molecule has 0 aliphatic carbocycles. The number of anilines is 2. The molecule has 0 amide bonds. The largest absolute Gasteiger partial charge is 0.385 e. The number of hydrogen-bond donors (Lipinski definition) is 2. The molecule has 4 heteroatoms. The molecule has 2 N–H and O–H groups in total. The third kappa shape index (κ3) is 2.63. The van der Waals surface area contributed by atoms with Crippen LogP contribution in [0.25, 0.3) is 0 Å². The van der Waals surface area contributed by atoms with Gasteiger partial charge in [-0.2, -0.15) is 0 Å². The van der Waals surface area contributed by atoms with Gasteiger partial charge in [-0.1, -0.05) is 15.9 Å². The lowest BCUT2D eigenvalue weighted by Crippen LogP contribution is -2.33. The number of ether oxygens (including phenoxy) is 1. The highest BCUT2D eigenvalue weighted by Gasteiger charge is 2.16. The molecule has 0 bridgehead atoms. The van der Waals surface area contributed by atoms with Gasteiger partial charge in [0.1, 0.15) is 0 Å². The zero-order chi connectivity index (χ0) is 10.7. The van der Waals surface area contributed by atoms with Gasteiger partial charge in [0, 0.05) is 30.8 Å². The van der Waals surface area contributed by atoms with Crippen LogP contribution in [0.15, 0.2) is 22.7 Å². The number of halogens is 1. The maximum Gasteiger partial charge on any atom is 0.0590 e. The zero-order valence-corrected chi connectivity index (χ0v) is 10.3. The van der Waals surface area contributed by atoms with E-state index in [4.69, 9.17) is 4.74 Å². The first-order chi connectivity index (χ1) is 7.29. The Bertz CT molecular complexity index is 343. The van der Waals surface area contributed by atoms with Crippen LogP contribution in [0.5, 0.6) is 0 Å². The van der Waals surface area contributed by atoms with E-state index in [0.29, 0.717) is 6.04 Å². The first-order valence-corrected chi connectivity index (χ1v) is 5.88. The number of rotatable bonds is 3. The minimum atomic E-state index is 0.451. The molecule has 1 heterocycles. The van der Waals surface area contributed by atoms with Crippen molar-refractivity contribution in [2.45, 2.75) is 12.5 Å². The summed E-state index contributed by atoms with van der Waals surface area (Å²) in [6, 6.07) is 6.68. The van der Waals surface area contributed by atoms with Crippen LogP contribution in [0.4, 0.5) is 11.4 Å². The second-order valence-electron chi connectivity index (χ2n) is 3.69. The van der Waals surface area contributed by atoms with Crippen LogP contribution >= 0.6 is 15.9 Å². The summed E-state index contributed by atoms with van der Waals surface area (Å²) < 4.78 is 6.18. The van der Waals surface area contributed by atoms with E-state index in [9.17, 15) is 0 Å². The molecule has 82 valence electrons. The maximum atomic E-state index is 5.08. The third-order valence-electron chi connectivity index (χ3n) is 2.55. The number of benzene rings is 1. The monoisotopic (exact) mass is 270 g/mol. The van der Waals surface area contributed by atoms with Gasteiger partial charge < -0.3 is 15.4 Å². The standard InChI is InChI=1S/C11H15BrN2O/c1-15-5-4-9-7-13-10-3-2-8(12)6-11(10)14-9/h2-3,6,9,13-14H,4-5,7H2,1H3. The van der Waals surface area contributed by atoms with E-state index in [1.54, 1.807) is 7.11 Å². The Morgan fingerprint density at radius 3 is 3.13 bits per heavy atom. The number of methoxy groups -OCH3 is 1. The van der Waals surface area contributed by atoms with Gasteiger partial charge in [-0.3, -0.25) is 0 Å². The van der Waals surface area contributed by atoms with Crippen molar-refractivity contribution >= 4 is 27.3 Å². The molecule has 1 unspecified atom stereocenters. The molecule has 1 aromatic carbocycles. The molecule has 0 spiro atoms. The lowest BCUT2D eigenvalue weighted by Gasteiger charge is -2.28. The van der Waals surface area contributed by atoms with Crippen LogP contribution < -0.4 is 10.6 Å². The van der Waals surface area contributed by atoms with Gasteiger partial charge in [0.2, 0.25) is 0 Å². The molecule has 0 aromatic heterocycles. The molecule has 0 fully saturated rings. The molecule has 0 saturated heterocycles. The van der Waals surface area contributed by atoms with Crippen molar-refractivity contribution in [1.82, 2.24) is 0 Å². The molecule has 1 atom stereocenters. The number of nitrogens with one attached hydrogen (secondary N) is 2. The minimum absolute atomic E-state index is 0.451. The van der Waals surface area contributed by atoms with Gasteiger partial charge in [0.25, 0.3) is 0 Å². The second-order valence-corrected chi connectivity index (χ2v) is 4.61. The number of fused-ring (bicyclic) bond motifs is 1. The van der Waals surface area contributed by atoms with Crippen LogP contribution in [-0.4, -0.2) is 26.3 Å². The summed E-state index contributed by atoms with van der Waals surface area (Å²) in [5, 5.41) is 6.91. The highest BCUT2D eigenvalue weighted by Crippen LogP contribution is 2.29. The van der Waals surface area contributed by atoms with Gasteiger partial charge in [-0.15, -0.1) is 0 Å². The van der Waals surface area contributed by atoms with Crippen LogP contribution in [-0.2, 0) is 4.74 Å². The molecular formula is C11H15BrN2O. The fourth-order valence-electron chi connectivity index (χ4n) is 1.73. The van der Waals surface area contributed by atoms with E-state index in [1.807, 2.05) is 6.07 Å². The minimum Gasteiger partial charge on any atom is -0.385 e. The molecule has 15 heavy (non-hydrogen) atoms. The van der Waals surface area contributed by atoms with Crippen LogP contribution in [0.1, 0.15) is 6.42 Å². The Morgan fingerprint density at radius 1 is 1.47 bits per heavy atom. The summed E-state index contributed by atoms with van der Waals surface area (Å²) in [7, 11) is 1.74. The lowest BCUT2D eigenvalue weighted by molar-refractivity contribution is 0.190. The van der Waals surface area contributed by atoms with Gasteiger partial charge in [-0.05, 0) is 24.6 Å². The Balaban J connectivity index is 2.05. The normalized spacial score (nSPS) is 18.9. The van der Waals surface area contributed by atoms with Gasteiger partial charge in [0.15, 0.2) is 0 Å². The highest BCUT2D eigenvalue weighted by molar-refractivity contribution is 9.10. The third-order valence-corrected chi connectivity index (χ3v) is 3.04. The van der Waals surface area contributed by atoms with E-state index in [2.05, 4.69) is 38.7 Å². The number of hydrogen-bond acceptors (Lipinski definition) is 3. The van der Waals surface area contributed by atoms with Crippen LogP contribution in [0.3, 0.4) is 0 Å².